The molecule has 1 rings (SSSR count). The zero-order valence-electron chi connectivity index (χ0n) is 13.0. The minimum atomic E-state index is -0.679. The monoisotopic (exact) mass is 271 g/mol. The SMILES string of the molecule is COC(=O)C(C)(CC(C)OCCC1CC1)NC(C)C. The van der Waals surface area contributed by atoms with Crippen molar-refractivity contribution in [1.82, 2.24) is 5.32 Å². The Morgan fingerprint density at radius 1 is 1.37 bits per heavy atom. The van der Waals surface area contributed by atoms with Gasteiger partial charge in [0.05, 0.1) is 13.2 Å². The molecule has 1 fully saturated rings. The molecule has 0 aliphatic heterocycles. The van der Waals surface area contributed by atoms with Gasteiger partial charge in [-0.15, -0.1) is 0 Å². The van der Waals surface area contributed by atoms with Crippen LogP contribution in [0.1, 0.15) is 53.4 Å². The Balaban J connectivity index is 2.42. The van der Waals surface area contributed by atoms with Crippen molar-refractivity contribution >= 4 is 5.97 Å². The molecule has 2 atom stereocenters. The Bertz CT molecular complexity index is 289. The number of rotatable bonds is 9. The van der Waals surface area contributed by atoms with Crippen molar-refractivity contribution in [2.45, 2.75) is 71.1 Å². The highest BCUT2D eigenvalue weighted by atomic mass is 16.5. The standard InChI is InChI=1S/C15H29NO3/c1-11(2)16-15(4,14(17)18-5)10-12(3)19-9-8-13-6-7-13/h11-13,16H,6-10H2,1-5H3. The second-order valence-electron chi connectivity index (χ2n) is 6.24. The van der Waals surface area contributed by atoms with Crippen LogP contribution in [-0.4, -0.2) is 37.4 Å². The highest BCUT2D eigenvalue weighted by molar-refractivity contribution is 5.80. The van der Waals surface area contributed by atoms with Crippen molar-refractivity contribution in [1.29, 1.82) is 0 Å². The summed E-state index contributed by atoms with van der Waals surface area (Å²) in [6.45, 7) is 8.76. The van der Waals surface area contributed by atoms with Crippen LogP contribution in [0.15, 0.2) is 0 Å². The van der Waals surface area contributed by atoms with Crippen molar-refractivity contribution in [2.75, 3.05) is 13.7 Å². The maximum Gasteiger partial charge on any atom is 0.325 e. The summed E-state index contributed by atoms with van der Waals surface area (Å²) >= 11 is 0. The molecule has 0 spiro atoms. The van der Waals surface area contributed by atoms with Gasteiger partial charge in [0.15, 0.2) is 0 Å². The van der Waals surface area contributed by atoms with E-state index in [1.807, 2.05) is 27.7 Å². The van der Waals surface area contributed by atoms with Crippen LogP contribution in [-0.2, 0) is 14.3 Å². The van der Waals surface area contributed by atoms with E-state index in [-0.39, 0.29) is 18.1 Å². The average Bonchev–Trinajstić information content (AvgIpc) is 3.10. The van der Waals surface area contributed by atoms with Gasteiger partial charge in [-0.3, -0.25) is 10.1 Å². The van der Waals surface area contributed by atoms with Crippen LogP contribution in [0.25, 0.3) is 0 Å². The summed E-state index contributed by atoms with van der Waals surface area (Å²) in [5.74, 6) is 0.659. The van der Waals surface area contributed by atoms with E-state index < -0.39 is 5.54 Å². The lowest BCUT2D eigenvalue weighted by Crippen LogP contribution is -2.54. The van der Waals surface area contributed by atoms with Gasteiger partial charge in [0.1, 0.15) is 5.54 Å². The fourth-order valence-corrected chi connectivity index (χ4v) is 2.54. The predicted molar refractivity (Wildman–Crippen MR) is 76.1 cm³/mol. The molecule has 0 amide bonds. The molecule has 0 aromatic carbocycles. The zero-order chi connectivity index (χ0) is 14.5. The molecule has 4 nitrogen and oxygen atoms in total. The van der Waals surface area contributed by atoms with E-state index in [2.05, 4.69) is 5.32 Å². The maximum absolute atomic E-state index is 12.0. The molecule has 0 saturated heterocycles. The lowest BCUT2D eigenvalue weighted by molar-refractivity contribution is -0.150. The summed E-state index contributed by atoms with van der Waals surface area (Å²) in [6.07, 6.45) is 4.53. The van der Waals surface area contributed by atoms with Gasteiger partial charge in [0.25, 0.3) is 0 Å². The molecule has 0 bridgehead atoms. The molecule has 1 saturated carbocycles. The fraction of sp³-hybridized carbons (Fsp3) is 0.933. The van der Waals surface area contributed by atoms with E-state index in [1.165, 1.54) is 20.0 Å². The molecule has 1 aliphatic rings. The van der Waals surface area contributed by atoms with E-state index in [9.17, 15) is 4.79 Å². The number of carbonyl (C=O) groups is 1. The van der Waals surface area contributed by atoms with Crippen LogP contribution in [0.4, 0.5) is 0 Å². The van der Waals surface area contributed by atoms with E-state index in [4.69, 9.17) is 9.47 Å². The highest BCUT2D eigenvalue weighted by Crippen LogP contribution is 2.32. The zero-order valence-corrected chi connectivity index (χ0v) is 13.0. The molecule has 0 aromatic rings. The second kappa shape index (κ2) is 7.25. The smallest absolute Gasteiger partial charge is 0.325 e. The van der Waals surface area contributed by atoms with Crippen molar-refractivity contribution in [3.63, 3.8) is 0 Å². The molecule has 0 aromatic heterocycles. The van der Waals surface area contributed by atoms with Gasteiger partial charge in [-0.1, -0.05) is 12.8 Å². The summed E-state index contributed by atoms with van der Waals surface area (Å²) in [5.41, 5.74) is -0.679. The molecular formula is C15H29NO3. The normalized spacial score (nSPS) is 20.1. The van der Waals surface area contributed by atoms with Gasteiger partial charge in [-0.05, 0) is 40.0 Å². The number of ether oxygens (including phenoxy) is 2. The molecule has 0 heterocycles. The minimum absolute atomic E-state index is 0.0501. The van der Waals surface area contributed by atoms with E-state index in [1.54, 1.807) is 0 Å². The number of hydrogen-bond donors (Lipinski definition) is 1. The van der Waals surface area contributed by atoms with Crippen LogP contribution < -0.4 is 5.32 Å². The number of hydrogen-bond acceptors (Lipinski definition) is 4. The maximum atomic E-state index is 12.0. The highest BCUT2D eigenvalue weighted by Gasteiger charge is 2.36. The van der Waals surface area contributed by atoms with Crippen LogP contribution in [0.3, 0.4) is 0 Å². The van der Waals surface area contributed by atoms with Crippen LogP contribution in [0.5, 0.6) is 0 Å². The van der Waals surface area contributed by atoms with Crippen molar-refractivity contribution < 1.29 is 14.3 Å². The first-order chi connectivity index (χ1) is 8.87. The van der Waals surface area contributed by atoms with Gasteiger partial charge in [0.2, 0.25) is 0 Å². The molecular weight excluding hydrogens is 242 g/mol. The third-order valence-electron chi connectivity index (χ3n) is 3.56. The second-order valence-corrected chi connectivity index (χ2v) is 6.24. The van der Waals surface area contributed by atoms with E-state index in [0.717, 1.165) is 18.9 Å². The quantitative estimate of drug-likeness (QED) is 0.655. The van der Waals surface area contributed by atoms with Gasteiger partial charge in [0, 0.05) is 19.1 Å². The molecule has 0 radical (unpaired) electrons. The Labute approximate surface area is 117 Å². The summed E-state index contributed by atoms with van der Waals surface area (Å²) in [5, 5.41) is 3.29. The Hall–Kier alpha value is -0.610. The van der Waals surface area contributed by atoms with Crippen molar-refractivity contribution in [2.24, 2.45) is 5.92 Å². The first-order valence-corrected chi connectivity index (χ1v) is 7.35. The Morgan fingerprint density at radius 2 is 2.00 bits per heavy atom. The first-order valence-electron chi connectivity index (χ1n) is 7.35. The topological polar surface area (TPSA) is 47.6 Å². The summed E-state index contributed by atoms with van der Waals surface area (Å²) < 4.78 is 10.7. The van der Waals surface area contributed by atoms with E-state index >= 15 is 0 Å². The van der Waals surface area contributed by atoms with Crippen LogP contribution in [0, 0.1) is 5.92 Å². The van der Waals surface area contributed by atoms with Crippen molar-refractivity contribution in [3.05, 3.63) is 0 Å². The third-order valence-corrected chi connectivity index (χ3v) is 3.56. The lowest BCUT2D eigenvalue weighted by Gasteiger charge is -2.32. The van der Waals surface area contributed by atoms with Gasteiger partial charge < -0.3 is 9.47 Å². The molecule has 112 valence electrons. The molecule has 19 heavy (non-hydrogen) atoms. The minimum Gasteiger partial charge on any atom is -0.468 e. The predicted octanol–water partition coefficient (Wildman–Crippen LogP) is 2.51. The fourth-order valence-electron chi connectivity index (χ4n) is 2.54. The summed E-state index contributed by atoms with van der Waals surface area (Å²) in [7, 11) is 1.43. The van der Waals surface area contributed by atoms with Gasteiger partial charge in [-0.25, -0.2) is 0 Å². The first kappa shape index (κ1) is 16.4. The van der Waals surface area contributed by atoms with Crippen molar-refractivity contribution in [3.8, 4) is 0 Å². The average molecular weight is 271 g/mol. The van der Waals surface area contributed by atoms with E-state index in [0.29, 0.717) is 6.42 Å². The molecule has 4 heteroatoms. The number of nitrogens with one attached hydrogen (secondary N) is 1. The molecule has 1 N–H and O–H groups in total. The number of esters is 1. The summed E-state index contributed by atoms with van der Waals surface area (Å²) in [4.78, 5) is 12.0. The van der Waals surface area contributed by atoms with Crippen LogP contribution in [0.2, 0.25) is 0 Å². The van der Waals surface area contributed by atoms with Crippen LogP contribution >= 0.6 is 0 Å². The third kappa shape index (κ3) is 5.91. The molecule has 1 aliphatic carbocycles. The summed E-state index contributed by atoms with van der Waals surface area (Å²) in [6, 6.07) is 0.225. The number of methoxy groups -OCH3 is 1. The largest absolute Gasteiger partial charge is 0.468 e. The Morgan fingerprint density at radius 3 is 2.47 bits per heavy atom. The van der Waals surface area contributed by atoms with Gasteiger partial charge in [-0.2, -0.15) is 0 Å². The lowest BCUT2D eigenvalue weighted by atomic mass is 9.93. The van der Waals surface area contributed by atoms with Gasteiger partial charge >= 0.3 is 5.97 Å². The molecule has 2 unspecified atom stereocenters. The Kier molecular flexibility index (Phi) is 6.27. The number of carbonyl (C=O) groups excluding carboxylic acids is 1.